The second-order valence-electron chi connectivity index (χ2n) is 12.3. The normalized spacial score (nSPS) is 20.2. The fourth-order valence-electron chi connectivity index (χ4n) is 6.15. The summed E-state index contributed by atoms with van der Waals surface area (Å²) >= 11 is 14.4. The SMILES string of the molecule is CC(C)n1ccs/c1=N\c1ccc(N2CCN(c3ccc(OCC4COC(Cn5ccnc5)(c5ccc(Cl)cc5Cl)O4)cc3)CC2)cc1. The van der Waals surface area contributed by atoms with Gasteiger partial charge in [0.15, 0.2) is 4.80 Å². The van der Waals surface area contributed by atoms with Crippen LogP contribution in [0.4, 0.5) is 17.1 Å². The number of halogens is 2. The lowest BCUT2D eigenvalue weighted by atomic mass is 10.1. The molecule has 250 valence electrons. The summed E-state index contributed by atoms with van der Waals surface area (Å²) in [7, 11) is 0. The van der Waals surface area contributed by atoms with Crippen LogP contribution in [0, 0.1) is 0 Å². The lowest BCUT2D eigenvalue weighted by Gasteiger charge is -2.37. The average Bonchev–Trinajstić information content (AvgIpc) is 3.87. The summed E-state index contributed by atoms with van der Waals surface area (Å²) in [6.07, 6.45) is 7.12. The maximum Gasteiger partial charge on any atom is 0.215 e. The van der Waals surface area contributed by atoms with E-state index in [1.165, 1.54) is 11.4 Å². The van der Waals surface area contributed by atoms with Gasteiger partial charge in [0.1, 0.15) is 18.5 Å². The topological polar surface area (TPSA) is 69.3 Å². The van der Waals surface area contributed by atoms with Crippen molar-refractivity contribution in [2.24, 2.45) is 4.99 Å². The summed E-state index contributed by atoms with van der Waals surface area (Å²) in [4.78, 5) is 14.9. The zero-order valence-corrected chi connectivity index (χ0v) is 29.2. The van der Waals surface area contributed by atoms with Gasteiger partial charge in [-0.3, -0.25) is 0 Å². The molecule has 48 heavy (non-hydrogen) atoms. The van der Waals surface area contributed by atoms with Crippen molar-refractivity contribution in [1.29, 1.82) is 0 Å². The van der Waals surface area contributed by atoms with Crippen molar-refractivity contribution in [2.75, 3.05) is 49.2 Å². The average molecular weight is 706 g/mol. The Morgan fingerprint density at radius 3 is 2.31 bits per heavy atom. The molecule has 0 spiro atoms. The smallest absolute Gasteiger partial charge is 0.215 e. The molecular weight excluding hydrogens is 667 g/mol. The molecule has 0 radical (unpaired) electrons. The van der Waals surface area contributed by atoms with Crippen LogP contribution in [0.25, 0.3) is 0 Å². The van der Waals surface area contributed by atoms with Gasteiger partial charge < -0.3 is 33.1 Å². The van der Waals surface area contributed by atoms with Crippen molar-refractivity contribution >= 4 is 51.6 Å². The number of hydrogen-bond donors (Lipinski definition) is 0. The predicted molar refractivity (Wildman–Crippen MR) is 192 cm³/mol. The molecule has 0 saturated carbocycles. The number of rotatable bonds is 10. The minimum absolute atomic E-state index is 0.289. The van der Waals surface area contributed by atoms with Crippen molar-refractivity contribution in [1.82, 2.24) is 14.1 Å². The molecule has 2 aliphatic rings. The molecule has 3 aromatic carbocycles. The molecule has 2 saturated heterocycles. The Morgan fingerprint density at radius 2 is 1.67 bits per heavy atom. The first-order valence-corrected chi connectivity index (χ1v) is 17.7. The van der Waals surface area contributed by atoms with Crippen LogP contribution in [0.5, 0.6) is 5.75 Å². The van der Waals surface area contributed by atoms with Gasteiger partial charge >= 0.3 is 0 Å². The van der Waals surface area contributed by atoms with Crippen LogP contribution in [-0.2, 0) is 21.8 Å². The fraction of sp³-hybridized carbons (Fsp3) is 0.333. The number of anilines is 2. The number of piperazine rings is 1. The summed E-state index contributed by atoms with van der Waals surface area (Å²) in [6, 6.07) is 22.6. The van der Waals surface area contributed by atoms with Crippen molar-refractivity contribution in [3.05, 3.63) is 117 Å². The van der Waals surface area contributed by atoms with Crippen LogP contribution in [0.3, 0.4) is 0 Å². The highest BCUT2D eigenvalue weighted by Gasteiger charge is 2.45. The largest absolute Gasteiger partial charge is 0.491 e. The molecule has 12 heteroatoms. The first kappa shape index (κ1) is 32.7. The molecule has 4 heterocycles. The Balaban J connectivity index is 0.925. The second-order valence-corrected chi connectivity index (χ2v) is 14.0. The molecule has 0 bridgehead atoms. The van der Waals surface area contributed by atoms with E-state index in [0.29, 0.717) is 35.8 Å². The summed E-state index contributed by atoms with van der Waals surface area (Å²) in [5.41, 5.74) is 4.10. The third-order valence-corrected chi connectivity index (χ3v) is 10.00. The van der Waals surface area contributed by atoms with Crippen molar-refractivity contribution in [2.45, 2.75) is 38.3 Å². The molecule has 2 aliphatic heterocycles. The molecule has 0 aliphatic carbocycles. The number of ether oxygens (including phenoxy) is 3. The number of benzene rings is 3. The fourth-order valence-corrected chi connectivity index (χ4v) is 7.57. The first-order valence-electron chi connectivity index (χ1n) is 16.1. The molecule has 0 amide bonds. The molecule has 5 aromatic rings. The molecule has 7 rings (SSSR count). The van der Waals surface area contributed by atoms with E-state index >= 15 is 0 Å². The van der Waals surface area contributed by atoms with E-state index in [-0.39, 0.29) is 6.10 Å². The Morgan fingerprint density at radius 1 is 0.958 bits per heavy atom. The lowest BCUT2D eigenvalue weighted by Crippen LogP contribution is -2.46. The zero-order valence-electron chi connectivity index (χ0n) is 26.9. The highest BCUT2D eigenvalue weighted by molar-refractivity contribution is 7.07. The zero-order chi connectivity index (χ0) is 33.1. The Labute approximate surface area is 294 Å². The summed E-state index contributed by atoms with van der Waals surface area (Å²) < 4.78 is 23.1. The molecule has 9 nitrogen and oxygen atoms in total. The number of imidazole rings is 1. The summed E-state index contributed by atoms with van der Waals surface area (Å²) in [5.74, 6) is -0.301. The number of thiazole rings is 1. The van der Waals surface area contributed by atoms with Gasteiger partial charge in [-0.15, -0.1) is 11.3 Å². The van der Waals surface area contributed by atoms with Crippen LogP contribution < -0.4 is 19.3 Å². The van der Waals surface area contributed by atoms with Gasteiger partial charge in [-0.25, -0.2) is 9.98 Å². The van der Waals surface area contributed by atoms with E-state index in [0.717, 1.165) is 48.0 Å². The van der Waals surface area contributed by atoms with Gasteiger partial charge in [-0.1, -0.05) is 29.3 Å². The van der Waals surface area contributed by atoms with E-state index in [9.17, 15) is 0 Å². The van der Waals surface area contributed by atoms with E-state index < -0.39 is 5.79 Å². The standard InChI is InChI=1S/C36H38Cl2N6O3S/c1-26(2)44-19-20-48-35(44)40-28-4-6-29(7-5-28)42-15-17-43(18-16-42)30-8-10-31(11-9-30)45-22-32-23-46-36(47-32,24-41-14-13-39-25-41)33-12-3-27(37)21-34(33)38/h3-14,19-21,25-26,32H,15-18,22-24H2,1-2H3/b40-35-. The third kappa shape index (κ3) is 7.28. The van der Waals surface area contributed by atoms with Crippen LogP contribution in [0.1, 0.15) is 25.5 Å². The minimum atomic E-state index is -1.08. The summed E-state index contributed by atoms with van der Waals surface area (Å²) in [6.45, 7) is 9.22. The van der Waals surface area contributed by atoms with Gasteiger partial charge in [0.05, 0.1) is 30.2 Å². The number of aromatic nitrogens is 3. The van der Waals surface area contributed by atoms with Gasteiger partial charge in [-0.2, -0.15) is 0 Å². The summed E-state index contributed by atoms with van der Waals surface area (Å²) in [5, 5.41) is 3.12. The molecular formula is C36H38Cl2N6O3S. The third-order valence-electron chi connectivity index (χ3n) is 8.68. The van der Waals surface area contributed by atoms with Gasteiger partial charge in [0.25, 0.3) is 0 Å². The van der Waals surface area contributed by atoms with Crippen molar-refractivity contribution in [3.63, 3.8) is 0 Å². The molecule has 2 aromatic heterocycles. The maximum atomic E-state index is 6.61. The van der Waals surface area contributed by atoms with Crippen LogP contribution in [0.2, 0.25) is 10.0 Å². The molecule has 2 atom stereocenters. The van der Waals surface area contributed by atoms with E-state index in [1.54, 1.807) is 36.0 Å². The van der Waals surface area contributed by atoms with E-state index in [4.69, 9.17) is 42.4 Å². The van der Waals surface area contributed by atoms with Gasteiger partial charge in [0.2, 0.25) is 5.79 Å². The molecule has 2 unspecified atom stereocenters. The Kier molecular flexibility index (Phi) is 9.79. The molecule has 2 fully saturated rings. The van der Waals surface area contributed by atoms with Crippen LogP contribution in [-0.4, -0.2) is 59.6 Å². The van der Waals surface area contributed by atoms with Crippen LogP contribution >= 0.6 is 34.5 Å². The number of hydrogen-bond acceptors (Lipinski definition) is 8. The Bertz CT molecular complexity index is 1870. The monoisotopic (exact) mass is 704 g/mol. The number of nitrogens with zero attached hydrogens (tertiary/aromatic N) is 6. The second kappa shape index (κ2) is 14.4. The van der Waals surface area contributed by atoms with Gasteiger partial charge in [0, 0.05) is 78.2 Å². The predicted octanol–water partition coefficient (Wildman–Crippen LogP) is 7.54. The van der Waals surface area contributed by atoms with E-state index in [1.807, 2.05) is 29.0 Å². The first-order chi connectivity index (χ1) is 23.3. The minimum Gasteiger partial charge on any atom is -0.491 e. The highest BCUT2D eigenvalue weighted by Crippen LogP contribution is 2.40. The van der Waals surface area contributed by atoms with E-state index in [2.05, 4.69) is 81.2 Å². The molecule has 0 N–H and O–H groups in total. The van der Waals surface area contributed by atoms with Gasteiger partial charge in [-0.05, 0) is 74.5 Å². The lowest BCUT2D eigenvalue weighted by molar-refractivity contribution is -0.189. The van der Waals surface area contributed by atoms with Crippen LogP contribution in [0.15, 0.2) is 102 Å². The van der Waals surface area contributed by atoms with Crippen molar-refractivity contribution < 1.29 is 14.2 Å². The highest BCUT2D eigenvalue weighted by atomic mass is 35.5. The Hall–Kier alpha value is -3.80. The maximum absolute atomic E-state index is 6.61. The quantitative estimate of drug-likeness (QED) is 0.150. The van der Waals surface area contributed by atoms with Crippen molar-refractivity contribution in [3.8, 4) is 5.75 Å².